The third-order valence-corrected chi connectivity index (χ3v) is 1.43. The van der Waals surface area contributed by atoms with E-state index in [2.05, 4.69) is 0 Å². The molecule has 3 heteroatoms. The number of methoxy groups -OCH3 is 1. The van der Waals surface area contributed by atoms with Gasteiger partial charge in [0, 0.05) is 6.07 Å². The lowest BCUT2D eigenvalue weighted by molar-refractivity contribution is 0.411. The predicted molar refractivity (Wildman–Crippen MR) is 49.3 cm³/mol. The molecule has 0 aliphatic carbocycles. The van der Waals surface area contributed by atoms with Crippen LogP contribution in [0.3, 0.4) is 0 Å². The van der Waals surface area contributed by atoms with Crippen LogP contribution in [-0.2, 0) is 0 Å². The zero-order chi connectivity index (χ0) is 9.56. The summed E-state index contributed by atoms with van der Waals surface area (Å²) in [6, 6.07) is 3.98. The largest absolute Gasteiger partial charge is 0.495 e. The van der Waals surface area contributed by atoms with Crippen LogP contribution in [0.4, 0.5) is 4.39 Å². The molecule has 0 aliphatic rings. The van der Waals surface area contributed by atoms with Gasteiger partial charge in [0.2, 0.25) is 0 Å². The number of benzene rings is 1. The van der Waals surface area contributed by atoms with E-state index in [1.165, 1.54) is 25.3 Å². The van der Waals surface area contributed by atoms with Crippen molar-refractivity contribution in [3.8, 4) is 5.75 Å². The van der Waals surface area contributed by atoms with E-state index in [9.17, 15) is 4.39 Å². The van der Waals surface area contributed by atoms with Gasteiger partial charge in [-0.3, -0.25) is 0 Å². The highest BCUT2D eigenvalue weighted by molar-refractivity contribution is 6.32. The van der Waals surface area contributed by atoms with Gasteiger partial charge in [0.1, 0.15) is 11.6 Å². The van der Waals surface area contributed by atoms with Crippen molar-refractivity contribution in [1.82, 2.24) is 0 Å². The topological polar surface area (TPSA) is 9.23 Å². The fourth-order valence-electron chi connectivity index (χ4n) is 0.634. The maximum absolute atomic E-state index is 12.4. The van der Waals surface area contributed by atoms with Crippen LogP contribution >= 0.6 is 11.6 Å². The van der Waals surface area contributed by atoms with Crippen LogP contribution < -0.4 is 4.74 Å². The smallest absolute Gasteiger partial charge is 0.140 e. The minimum atomic E-state index is -0.346. The van der Waals surface area contributed by atoms with Gasteiger partial charge in [-0.15, -0.1) is 0 Å². The first kappa shape index (κ1) is 11.2. The Morgan fingerprint density at radius 2 is 1.92 bits per heavy atom. The third-order valence-electron chi connectivity index (χ3n) is 1.11. The summed E-state index contributed by atoms with van der Waals surface area (Å²) in [5.74, 6) is 0.0166. The van der Waals surface area contributed by atoms with Crippen molar-refractivity contribution in [2.45, 2.75) is 13.8 Å². The molecule has 1 rings (SSSR count). The number of hydrogen-bond acceptors (Lipinski definition) is 1. The Hall–Kier alpha value is -0.760. The molecule has 1 aromatic rings. The Morgan fingerprint density at radius 1 is 1.33 bits per heavy atom. The van der Waals surface area contributed by atoms with E-state index in [1.54, 1.807) is 0 Å². The quantitative estimate of drug-likeness (QED) is 0.659. The van der Waals surface area contributed by atoms with Gasteiger partial charge in [-0.25, -0.2) is 4.39 Å². The van der Waals surface area contributed by atoms with E-state index in [-0.39, 0.29) is 5.82 Å². The van der Waals surface area contributed by atoms with Gasteiger partial charge in [-0.1, -0.05) is 25.4 Å². The first-order valence-electron chi connectivity index (χ1n) is 3.73. The van der Waals surface area contributed by atoms with Crippen molar-refractivity contribution in [3.05, 3.63) is 29.0 Å². The zero-order valence-electron chi connectivity index (χ0n) is 7.40. The average molecular weight is 191 g/mol. The molecule has 68 valence electrons. The van der Waals surface area contributed by atoms with Crippen molar-refractivity contribution in [1.29, 1.82) is 0 Å². The summed E-state index contributed by atoms with van der Waals surface area (Å²) in [5.41, 5.74) is 0. The molecule has 0 aliphatic heterocycles. The second-order valence-corrected chi connectivity index (χ2v) is 2.19. The number of rotatable bonds is 1. The molecule has 0 spiro atoms. The molecule has 0 bridgehead atoms. The van der Waals surface area contributed by atoms with E-state index < -0.39 is 0 Å². The van der Waals surface area contributed by atoms with E-state index in [4.69, 9.17) is 16.3 Å². The van der Waals surface area contributed by atoms with Crippen molar-refractivity contribution in [3.63, 3.8) is 0 Å². The standard InChI is InChI=1S/C7H6ClFO.C2H6/c1-10-7-4-5(9)2-3-6(7)8;1-2/h2-4H,1H3;1-2H3. The second-order valence-electron chi connectivity index (χ2n) is 1.78. The summed E-state index contributed by atoms with van der Waals surface area (Å²) in [6.07, 6.45) is 0. The zero-order valence-corrected chi connectivity index (χ0v) is 8.15. The molecule has 0 fully saturated rings. The van der Waals surface area contributed by atoms with Crippen LogP contribution in [0.2, 0.25) is 5.02 Å². The van der Waals surface area contributed by atoms with E-state index in [0.29, 0.717) is 10.8 Å². The van der Waals surface area contributed by atoms with Gasteiger partial charge in [0.05, 0.1) is 12.1 Å². The normalized spacial score (nSPS) is 8.42. The Labute approximate surface area is 77.1 Å². The van der Waals surface area contributed by atoms with Gasteiger partial charge in [-0.2, -0.15) is 0 Å². The predicted octanol–water partition coefficient (Wildman–Crippen LogP) is 3.51. The van der Waals surface area contributed by atoms with E-state index in [0.717, 1.165) is 0 Å². The molecule has 0 aromatic heterocycles. The number of hydrogen-bond donors (Lipinski definition) is 0. The third kappa shape index (κ3) is 3.09. The first-order valence-corrected chi connectivity index (χ1v) is 4.11. The minimum absolute atomic E-state index is 0.346. The Kier molecular flexibility index (Phi) is 5.47. The Bertz CT molecular complexity index is 238. The van der Waals surface area contributed by atoms with Gasteiger partial charge in [0.15, 0.2) is 0 Å². The lowest BCUT2D eigenvalue weighted by Crippen LogP contribution is -1.84. The Balaban J connectivity index is 0.000000561. The van der Waals surface area contributed by atoms with Crippen molar-refractivity contribution >= 4 is 11.6 Å². The summed E-state index contributed by atoms with van der Waals surface area (Å²) < 4.78 is 17.1. The van der Waals surface area contributed by atoms with Gasteiger partial charge in [-0.05, 0) is 12.1 Å². The molecule has 0 amide bonds. The molecule has 1 nitrogen and oxygen atoms in total. The second kappa shape index (κ2) is 5.84. The first-order chi connectivity index (χ1) is 5.74. The molecular weight excluding hydrogens is 179 g/mol. The highest BCUT2D eigenvalue weighted by atomic mass is 35.5. The molecule has 1 aromatic carbocycles. The molecule has 12 heavy (non-hydrogen) atoms. The van der Waals surface area contributed by atoms with Crippen LogP contribution in [-0.4, -0.2) is 7.11 Å². The molecule has 0 saturated carbocycles. The SMILES string of the molecule is CC.COc1cc(F)ccc1Cl. The molecule has 0 radical (unpaired) electrons. The summed E-state index contributed by atoms with van der Waals surface area (Å²) in [4.78, 5) is 0. The highest BCUT2D eigenvalue weighted by Crippen LogP contribution is 2.23. The lowest BCUT2D eigenvalue weighted by Gasteiger charge is -2.00. The van der Waals surface area contributed by atoms with E-state index in [1.807, 2.05) is 13.8 Å². The Morgan fingerprint density at radius 3 is 2.33 bits per heavy atom. The maximum Gasteiger partial charge on any atom is 0.140 e. The fourth-order valence-corrected chi connectivity index (χ4v) is 0.828. The van der Waals surface area contributed by atoms with Crippen LogP contribution in [0.5, 0.6) is 5.75 Å². The monoisotopic (exact) mass is 190 g/mol. The summed E-state index contributed by atoms with van der Waals surface area (Å²) >= 11 is 5.60. The van der Waals surface area contributed by atoms with Crippen LogP contribution in [0.25, 0.3) is 0 Å². The maximum atomic E-state index is 12.4. The minimum Gasteiger partial charge on any atom is -0.495 e. The molecule has 0 unspecified atom stereocenters. The lowest BCUT2D eigenvalue weighted by atomic mass is 10.3. The summed E-state index contributed by atoms with van der Waals surface area (Å²) in [7, 11) is 1.45. The van der Waals surface area contributed by atoms with Crippen LogP contribution in [0.1, 0.15) is 13.8 Å². The van der Waals surface area contributed by atoms with Crippen molar-refractivity contribution in [2.75, 3.05) is 7.11 Å². The molecule has 0 saturated heterocycles. The van der Waals surface area contributed by atoms with Gasteiger partial charge >= 0.3 is 0 Å². The van der Waals surface area contributed by atoms with Crippen LogP contribution in [0, 0.1) is 5.82 Å². The van der Waals surface area contributed by atoms with E-state index >= 15 is 0 Å². The summed E-state index contributed by atoms with van der Waals surface area (Å²) in [6.45, 7) is 4.00. The number of ether oxygens (including phenoxy) is 1. The molecular formula is C9H12ClFO. The fraction of sp³-hybridized carbons (Fsp3) is 0.333. The number of halogens is 2. The van der Waals surface area contributed by atoms with Crippen molar-refractivity contribution < 1.29 is 9.13 Å². The average Bonchev–Trinajstić information content (AvgIpc) is 2.13. The van der Waals surface area contributed by atoms with Gasteiger partial charge < -0.3 is 4.74 Å². The molecule has 0 N–H and O–H groups in total. The molecule has 0 heterocycles. The van der Waals surface area contributed by atoms with Crippen LogP contribution in [0.15, 0.2) is 18.2 Å². The summed E-state index contributed by atoms with van der Waals surface area (Å²) in [5, 5.41) is 0.420. The van der Waals surface area contributed by atoms with Gasteiger partial charge in [0.25, 0.3) is 0 Å². The van der Waals surface area contributed by atoms with Crippen molar-refractivity contribution in [2.24, 2.45) is 0 Å². The highest BCUT2D eigenvalue weighted by Gasteiger charge is 1.99. The molecule has 0 atom stereocenters.